The molecule has 0 amide bonds. The lowest BCUT2D eigenvalue weighted by Gasteiger charge is -2.50. The van der Waals surface area contributed by atoms with Crippen LogP contribution in [-0.4, -0.2) is 78.2 Å². The van der Waals surface area contributed by atoms with Gasteiger partial charge in [-0.3, -0.25) is 4.90 Å². The Morgan fingerprint density at radius 3 is 2.81 bits per heavy atom. The number of likely N-dealkylation sites (tertiary alicyclic amines) is 1. The van der Waals surface area contributed by atoms with Crippen LogP contribution in [0.4, 0.5) is 16.2 Å². The van der Waals surface area contributed by atoms with Crippen molar-refractivity contribution < 1.29 is 9.13 Å². The smallest absolute Gasteiger partial charge is 0.243 e. The largest absolute Gasteiger partial charge is 0.382 e. The van der Waals surface area contributed by atoms with Crippen LogP contribution in [0.3, 0.4) is 0 Å². The van der Waals surface area contributed by atoms with E-state index >= 15 is 0 Å². The van der Waals surface area contributed by atoms with E-state index in [1.165, 1.54) is 0 Å². The Balaban J connectivity index is 1.24. The second-order valence-electron chi connectivity index (χ2n) is 8.78. The highest BCUT2D eigenvalue weighted by atomic mass is 19.1. The molecule has 0 unspecified atom stereocenters. The van der Waals surface area contributed by atoms with E-state index in [2.05, 4.69) is 37.3 Å². The van der Waals surface area contributed by atoms with E-state index in [0.717, 1.165) is 23.4 Å². The molecule has 2 aliphatic heterocycles. The lowest BCUT2D eigenvalue weighted by atomic mass is 9.92. The predicted molar refractivity (Wildman–Crippen MR) is 117 cm³/mol. The minimum absolute atomic E-state index is 0.0509. The molecule has 0 aromatic carbocycles. The quantitative estimate of drug-likeness (QED) is 0.496. The molecule has 32 heavy (non-hydrogen) atoms. The van der Waals surface area contributed by atoms with E-state index in [9.17, 15) is 4.39 Å². The van der Waals surface area contributed by atoms with E-state index < -0.39 is 6.17 Å². The molecule has 4 aromatic rings. The van der Waals surface area contributed by atoms with Crippen LogP contribution in [0.5, 0.6) is 0 Å². The number of nitrogens with two attached hydrogens (primary N) is 1. The van der Waals surface area contributed by atoms with E-state index in [4.69, 9.17) is 10.5 Å². The van der Waals surface area contributed by atoms with E-state index in [1.807, 2.05) is 30.6 Å². The van der Waals surface area contributed by atoms with Crippen molar-refractivity contribution in [2.24, 2.45) is 0 Å². The molecule has 4 aromatic heterocycles. The zero-order valence-corrected chi connectivity index (χ0v) is 17.6. The summed E-state index contributed by atoms with van der Waals surface area (Å²) in [5, 5.41) is 11.9. The second kappa shape index (κ2) is 7.10. The third-order valence-corrected chi connectivity index (χ3v) is 6.52. The maximum atomic E-state index is 15.0. The lowest BCUT2D eigenvalue weighted by Crippen LogP contribution is -2.64. The highest BCUT2D eigenvalue weighted by Crippen LogP contribution is 2.31. The fraction of sp³-hybridized carbons (Fsp3) is 0.429. The van der Waals surface area contributed by atoms with Crippen molar-refractivity contribution in [3.8, 4) is 11.3 Å². The minimum atomic E-state index is -1.03. The molecule has 0 aliphatic carbocycles. The van der Waals surface area contributed by atoms with Gasteiger partial charge < -0.3 is 15.8 Å². The summed E-state index contributed by atoms with van der Waals surface area (Å²) in [5.74, 6) is 0.625. The number of halogens is 1. The van der Waals surface area contributed by atoms with Crippen LogP contribution in [0.25, 0.3) is 22.4 Å². The third-order valence-electron chi connectivity index (χ3n) is 6.52. The molecule has 6 heterocycles. The number of hydrogen-bond acceptors (Lipinski definition) is 8. The average Bonchev–Trinajstić information content (AvgIpc) is 3.40. The standard InChI is InChI=1S/C21H24FN9O/c1-21(11-32-12-21)29-7-4-16(14(22)10-29)26-20-27-19(23)18-13(3-8-31(18)28-20)15-5-9-30-17(25-15)2-6-24-30/h2-3,5-6,8-9,14,16H,4,7,10-12H2,1H3,(H3,23,26,27,28)/t14-,16+/m1/s1. The molecule has 10 nitrogen and oxygen atoms in total. The zero-order chi connectivity index (χ0) is 21.9. The number of hydrogen-bond donors (Lipinski definition) is 2. The molecule has 2 atom stereocenters. The van der Waals surface area contributed by atoms with Crippen LogP contribution >= 0.6 is 0 Å². The summed E-state index contributed by atoms with van der Waals surface area (Å²) in [5.41, 5.74) is 9.23. The molecular weight excluding hydrogens is 413 g/mol. The molecule has 3 N–H and O–H groups in total. The molecule has 2 fully saturated rings. The fourth-order valence-electron chi connectivity index (χ4n) is 4.59. The molecule has 0 spiro atoms. The van der Waals surface area contributed by atoms with E-state index in [-0.39, 0.29) is 11.6 Å². The number of rotatable bonds is 4. The fourth-order valence-corrected chi connectivity index (χ4v) is 4.59. The predicted octanol–water partition coefficient (Wildman–Crippen LogP) is 1.63. The highest BCUT2D eigenvalue weighted by Gasteiger charge is 2.43. The molecule has 2 saturated heterocycles. The number of nitrogen functional groups attached to an aromatic ring is 1. The van der Waals surface area contributed by atoms with Gasteiger partial charge in [-0.25, -0.2) is 18.4 Å². The van der Waals surface area contributed by atoms with Gasteiger partial charge in [-0.1, -0.05) is 0 Å². The summed E-state index contributed by atoms with van der Waals surface area (Å²) >= 11 is 0. The maximum Gasteiger partial charge on any atom is 0.243 e. The topological polar surface area (TPSA) is 111 Å². The normalized spacial score (nSPS) is 23.4. The molecule has 0 saturated carbocycles. The van der Waals surface area contributed by atoms with Crippen molar-refractivity contribution in [1.82, 2.24) is 34.1 Å². The van der Waals surface area contributed by atoms with Gasteiger partial charge in [0.05, 0.1) is 36.7 Å². The van der Waals surface area contributed by atoms with Gasteiger partial charge in [0.1, 0.15) is 11.7 Å². The van der Waals surface area contributed by atoms with Crippen LogP contribution in [0.1, 0.15) is 13.3 Å². The van der Waals surface area contributed by atoms with Crippen molar-refractivity contribution in [1.29, 1.82) is 0 Å². The van der Waals surface area contributed by atoms with E-state index in [1.54, 1.807) is 15.2 Å². The Morgan fingerprint density at radius 2 is 2.03 bits per heavy atom. The molecule has 11 heteroatoms. The van der Waals surface area contributed by atoms with E-state index in [0.29, 0.717) is 43.5 Å². The van der Waals surface area contributed by atoms with Gasteiger partial charge in [0.25, 0.3) is 0 Å². The maximum absolute atomic E-state index is 15.0. The highest BCUT2D eigenvalue weighted by molar-refractivity contribution is 5.86. The second-order valence-corrected chi connectivity index (χ2v) is 8.78. The van der Waals surface area contributed by atoms with Crippen molar-refractivity contribution in [2.75, 3.05) is 37.4 Å². The lowest BCUT2D eigenvalue weighted by molar-refractivity contribution is -0.142. The van der Waals surface area contributed by atoms with Crippen LogP contribution in [0, 0.1) is 0 Å². The third kappa shape index (κ3) is 3.07. The zero-order valence-electron chi connectivity index (χ0n) is 17.6. The Bertz CT molecular complexity index is 1300. The first-order valence-corrected chi connectivity index (χ1v) is 10.7. The summed E-state index contributed by atoms with van der Waals surface area (Å²) in [4.78, 5) is 11.2. The molecule has 0 bridgehead atoms. The van der Waals surface area contributed by atoms with Gasteiger partial charge in [0.15, 0.2) is 11.5 Å². The van der Waals surface area contributed by atoms with Gasteiger partial charge in [-0.2, -0.15) is 10.1 Å². The first kappa shape index (κ1) is 19.4. The Hall–Kier alpha value is -3.31. The molecular formula is C21H24FN9O. The SMILES string of the molecule is CC1(N2CC[C@H](Nc3nc(N)c4c(-c5ccn6nccc6n5)ccn4n3)[C@H](F)C2)COC1. The number of piperidine rings is 1. The number of aromatic nitrogens is 6. The molecule has 6 rings (SSSR count). The Morgan fingerprint density at radius 1 is 1.19 bits per heavy atom. The number of anilines is 2. The number of alkyl halides is 1. The summed E-state index contributed by atoms with van der Waals surface area (Å²) in [6.45, 7) is 4.61. The monoisotopic (exact) mass is 437 g/mol. The van der Waals surface area contributed by atoms with Crippen molar-refractivity contribution in [3.63, 3.8) is 0 Å². The first-order valence-electron chi connectivity index (χ1n) is 10.7. The Labute approximate surface area is 183 Å². The molecule has 166 valence electrons. The average molecular weight is 437 g/mol. The van der Waals surface area contributed by atoms with Crippen LogP contribution in [0.2, 0.25) is 0 Å². The van der Waals surface area contributed by atoms with Crippen molar-refractivity contribution in [2.45, 2.75) is 31.1 Å². The number of ether oxygens (including phenoxy) is 1. The van der Waals surface area contributed by atoms with Crippen LogP contribution < -0.4 is 11.1 Å². The number of nitrogens with zero attached hydrogens (tertiary/aromatic N) is 7. The van der Waals surface area contributed by atoms with Crippen molar-refractivity contribution in [3.05, 3.63) is 36.8 Å². The number of nitrogens with one attached hydrogen (secondary N) is 1. The summed E-state index contributed by atoms with van der Waals surface area (Å²) < 4.78 is 23.6. The molecule has 0 radical (unpaired) electrons. The minimum Gasteiger partial charge on any atom is -0.382 e. The van der Waals surface area contributed by atoms with Gasteiger partial charge in [0, 0.05) is 37.1 Å². The van der Waals surface area contributed by atoms with Gasteiger partial charge in [0.2, 0.25) is 5.95 Å². The van der Waals surface area contributed by atoms with Crippen LogP contribution in [0.15, 0.2) is 36.8 Å². The van der Waals surface area contributed by atoms with Gasteiger partial charge in [-0.05, 0) is 25.5 Å². The molecule has 2 aliphatic rings. The summed E-state index contributed by atoms with van der Waals surface area (Å²) in [6.07, 6.45) is 4.97. The Kier molecular flexibility index (Phi) is 4.30. The van der Waals surface area contributed by atoms with Gasteiger partial charge >= 0.3 is 0 Å². The summed E-state index contributed by atoms with van der Waals surface area (Å²) in [7, 11) is 0. The van der Waals surface area contributed by atoms with Gasteiger partial charge in [-0.15, -0.1) is 5.10 Å². The first-order chi connectivity index (χ1) is 15.5. The summed E-state index contributed by atoms with van der Waals surface area (Å²) in [6, 6.07) is 5.24. The van der Waals surface area contributed by atoms with Crippen molar-refractivity contribution >= 4 is 22.9 Å². The van der Waals surface area contributed by atoms with Crippen LogP contribution in [-0.2, 0) is 4.74 Å². The number of fused-ring (bicyclic) bond motifs is 2.